The van der Waals surface area contributed by atoms with Crippen molar-refractivity contribution in [1.29, 1.82) is 0 Å². The number of halogens is 3. The first-order chi connectivity index (χ1) is 9.25. The summed E-state index contributed by atoms with van der Waals surface area (Å²) in [6, 6.07) is 2.91. The van der Waals surface area contributed by atoms with Crippen molar-refractivity contribution < 1.29 is 9.13 Å². The van der Waals surface area contributed by atoms with Crippen molar-refractivity contribution in [1.82, 2.24) is 9.55 Å². The zero-order chi connectivity index (χ0) is 15.1. The second-order valence-electron chi connectivity index (χ2n) is 5.39. The topological polar surface area (TPSA) is 27.1 Å². The molecule has 110 valence electrons. The van der Waals surface area contributed by atoms with E-state index < -0.39 is 11.4 Å². The van der Waals surface area contributed by atoms with Crippen molar-refractivity contribution in [2.24, 2.45) is 0 Å². The number of imidazole rings is 1. The van der Waals surface area contributed by atoms with E-state index in [4.69, 9.17) is 27.9 Å². The van der Waals surface area contributed by atoms with E-state index in [-0.39, 0.29) is 10.4 Å². The molecule has 1 atom stereocenters. The Labute approximate surface area is 127 Å². The monoisotopic (exact) mass is 318 g/mol. The minimum atomic E-state index is -0.483. The van der Waals surface area contributed by atoms with Crippen molar-refractivity contribution in [2.75, 3.05) is 7.11 Å². The highest BCUT2D eigenvalue weighted by atomic mass is 35.5. The number of fused-ring (bicyclic) bond motifs is 1. The molecule has 1 heterocycles. The Bertz CT molecular complexity index is 638. The maximum absolute atomic E-state index is 13.6. The van der Waals surface area contributed by atoms with Gasteiger partial charge in [-0.2, -0.15) is 0 Å². The number of nitrogens with zero attached hydrogens (tertiary/aromatic N) is 2. The van der Waals surface area contributed by atoms with E-state index >= 15 is 0 Å². The highest BCUT2D eigenvalue weighted by Gasteiger charge is 2.23. The van der Waals surface area contributed by atoms with Crippen LogP contribution in [0.1, 0.15) is 32.0 Å². The summed E-state index contributed by atoms with van der Waals surface area (Å²) < 4.78 is 20.9. The first-order valence-electron chi connectivity index (χ1n) is 6.29. The molecule has 1 aromatic heterocycles. The summed E-state index contributed by atoms with van der Waals surface area (Å²) in [4.78, 5) is 4.41. The number of ether oxygens (including phenoxy) is 1. The second kappa shape index (κ2) is 5.51. The fourth-order valence-electron chi connectivity index (χ4n) is 2.05. The quantitative estimate of drug-likeness (QED) is 0.773. The van der Waals surface area contributed by atoms with Crippen LogP contribution in [0.4, 0.5) is 4.39 Å². The molecule has 0 saturated carbocycles. The minimum Gasteiger partial charge on any atom is -0.377 e. The number of aromatic nitrogens is 2. The summed E-state index contributed by atoms with van der Waals surface area (Å²) in [5, 5.41) is -0.223. The lowest BCUT2D eigenvalue weighted by Crippen LogP contribution is -2.29. The van der Waals surface area contributed by atoms with Crippen molar-refractivity contribution in [3.63, 3.8) is 0 Å². The van der Waals surface area contributed by atoms with Crippen LogP contribution < -0.4 is 0 Å². The first-order valence-corrected chi connectivity index (χ1v) is 7.11. The SMILES string of the molecule is COC(C)(C)Cn1c(C(C)Cl)nc2cc(F)c(Cl)cc21. The summed E-state index contributed by atoms with van der Waals surface area (Å²) in [6.45, 7) is 6.31. The molecule has 3 nitrogen and oxygen atoms in total. The third-order valence-electron chi connectivity index (χ3n) is 3.27. The lowest BCUT2D eigenvalue weighted by Gasteiger charge is -2.25. The molecule has 2 aromatic rings. The minimum absolute atomic E-state index is 0.0719. The van der Waals surface area contributed by atoms with Gasteiger partial charge in [-0.1, -0.05) is 11.6 Å². The van der Waals surface area contributed by atoms with Gasteiger partial charge in [-0.25, -0.2) is 9.37 Å². The highest BCUT2D eigenvalue weighted by molar-refractivity contribution is 6.31. The Morgan fingerprint density at radius 3 is 2.65 bits per heavy atom. The van der Waals surface area contributed by atoms with E-state index in [0.717, 1.165) is 5.52 Å². The predicted octanol–water partition coefficient (Wildman–Crippen LogP) is 4.55. The molecule has 0 radical (unpaired) electrons. The van der Waals surface area contributed by atoms with Gasteiger partial charge in [0.2, 0.25) is 0 Å². The van der Waals surface area contributed by atoms with Gasteiger partial charge in [0.1, 0.15) is 11.6 Å². The Kier molecular flexibility index (Phi) is 4.28. The predicted molar refractivity (Wildman–Crippen MR) is 80.1 cm³/mol. The van der Waals surface area contributed by atoms with Crippen LogP contribution in [0.5, 0.6) is 0 Å². The van der Waals surface area contributed by atoms with E-state index in [1.807, 2.05) is 25.3 Å². The van der Waals surface area contributed by atoms with E-state index in [1.165, 1.54) is 6.07 Å². The van der Waals surface area contributed by atoms with Gasteiger partial charge in [0.15, 0.2) is 0 Å². The number of hydrogen-bond acceptors (Lipinski definition) is 2. The fraction of sp³-hybridized carbons (Fsp3) is 0.500. The van der Waals surface area contributed by atoms with Crippen LogP contribution in [-0.2, 0) is 11.3 Å². The van der Waals surface area contributed by atoms with E-state index in [2.05, 4.69) is 4.98 Å². The largest absolute Gasteiger partial charge is 0.377 e. The fourth-order valence-corrected chi connectivity index (χ4v) is 2.38. The lowest BCUT2D eigenvalue weighted by atomic mass is 10.1. The van der Waals surface area contributed by atoms with Crippen molar-refractivity contribution >= 4 is 34.2 Å². The van der Waals surface area contributed by atoms with Gasteiger partial charge in [-0.15, -0.1) is 11.6 Å². The van der Waals surface area contributed by atoms with Crippen LogP contribution in [0.2, 0.25) is 5.02 Å². The molecular formula is C14H17Cl2FN2O. The molecule has 1 unspecified atom stereocenters. The van der Waals surface area contributed by atoms with E-state index in [1.54, 1.807) is 13.2 Å². The highest BCUT2D eigenvalue weighted by Crippen LogP contribution is 2.29. The molecule has 0 fully saturated rings. The number of alkyl halides is 1. The van der Waals surface area contributed by atoms with Crippen LogP contribution in [0.15, 0.2) is 12.1 Å². The zero-order valence-electron chi connectivity index (χ0n) is 11.9. The maximum atomic E-state index is 13.6. The number of hydrogen-bond donors (Lipinski definition) is 0. The Hall–Kier alpha value is -0.840. The van der Waals surface area contributed by atoms with Crippen molar-refractivity contribution in [3.05, 3.63) is 28.8 Å². The molecule has 0 saturated heterocycles. The van der Waals surface area contributed by atoms with Gasteiger partial charge >= 0.3 is 0 Å². The molecule has 0 N–H and O–H groups in total. The molecule has 0 aliphatic carbocycles. The van der Waals surface area contributed by atoms with Gasteiger partial charge in [0.05, 0.1) is 33.6 Å². The van der Waals surface area contributed by atoms with Crippen molar-refractivity contribution in [2.45, 2.75) is 38.3 Å². The molecule has 0 bridgehead atoms. The number of rotatable bonds is 4. The van der Waals surface area contributed by atoms with E-state index in [0.29, 0.717) is 17.9 Å². The number of methoxy groups -OCH3 is 1. The van der Waals surface area contributed by atoms with Crippen LogP contribution >= 0.6 is 23.2 Å². The molecule has 0 aliphatic rings. The normalized spacial score (nSPS) is 13.9. The molecule has 0 spiro atoms. The Balaban J connectivity index is 2.65. The third-order valence-corrected chi connectivity index (χ3v) is 3.75. The zero-order valence-corrected chi connectivity index (χ0v) is 13.4. The van der Waals surface area contributed by atoms with E-state index in [9.17, 15) is 4.39 Å². The molecule has 20 heavy (non-hydrogen) atoms. The van der Waals surface area contributed by atoms with Gasteiger partial charge in [-0.05, 0) is 26.8 Å². The standard InChI is InChI=1S/C14H17Cl2FN2O/c1-8(15)13-18-11-6-10(17)9(16)5-12(11)19(13)7-14(2,3)20-4/h5-6,8H,7H2,1-4H3. The third kappa shape index (κ3) is 2.92. The van der Waals surface area contributed by atoms with Crippen LogP contribution in [0.25, 0.3) is 11.0 Å². The molecular weight excluding hydrogens is 302 g/mol. The molecule has 0 amide bonds. The van der Waals surface area contributed by atoms with Crippen LogP contribution in [0, 0.1) is 5.82 Å². The average molecular weight is 319 g/mol. The molecule has 1 aromatic carbocycles. The van der Waals surface area contributed by atoms with Gasteiger partial charge < -0.3 is 9.30 Å². The van der Waals surface area contributed by atoms with Crippen LogP contribution in [0.3, 0.4) is 0 Å². The molecule has 0 aliphatic heterocycles. The first kappa shape index (κ1) is 15.5. The molecule has 2 rings (SSSR count). The summed E-state index contributed by atoms with van der Waals surface area (Å²) in [7, 11) is 1.65. The summed E-state index contributed by atoms with van der Waals surface area (Å²) in [5.41, 5.74) is 0.903. The van der Waals surface area contributed by atoms with Crippen molar-refractivity contribution in [3.8, 4) is 0 Å². The Morgan fingerprint density at radius 1 is 1.45 bits per heavy atom. The molecule has 6 heteroatoms. The van der Waals surface area contributed by atoms with Crippen LogP contribution in [-0.4, -0.2) is 22.3 Å². The smallest absolute Gasteiger partial charge is 0.144 e. The summed E-state index contributed by atoms with van der Waals surface area (Å²) in [5.74, 6) is 0.192. The summed E-state index contributed by atoms with van der Waals surface area (Å²) >= 11 is 12.1. The number of benzene rings is 1. The Morgan fingerprint density at radius 2 is 2.10 bits per heavy atom. The van der Waals surface area contributed by atoms with Gasteiger partial charge in [0.25, 0.3) is 0 Å². The summed E-state index contributed by atoms with van der Waals surface area (Å²) in [6.07, 6.45) is 0. The average Bonchev–Trinajstić information content (AvgIpc) is 2.68. The van der Waals surface area contributed by atoms with Gasteiger partial charge in [0, 0.05) is 13.2 Å². The lowest BCUT2D eigenvalue weighted by molar-refractivity contribution is 0.00842. The maximum Gasteiger partial charge on any atom is 0.144 e. The second-order valence-corrected chi connectivity index (χ2v) is 6.45. The van der Waals surface area contributed by atoms with Gasteiger partial charge in [-0.3, -0.25) is 0 Å².